The van der Waals surface area contributed by atoms with Crippen molar-refractivity contribution < 1.29 is 9.90 Å². The van der Waals surface area contributed by atoms with Gasteiger partial charge in [0.2, 0.25) is 0 Å². The van der Waals surface area contributed by atoms with E-state index in [0.717, 1.165) is 11.2 Å². The third-order valence-electron chi connectivity index (χ3n) is 2.65. The molecule has 0 aliphatic rings. The van der Waals surface area contributed by atoms with Crippen LogP contribution in [0.2, 0.25) is 0 Å². The molecule has 0 aliphatic carbocycles. The largest absolute Gasteiger partial charge is 0.389 e. The molecule has 0 aromatic carbocycles. The lowest BCUT2D eigenvalue weighted by Gasteiger charge is -2.28. The van der Waals surface area contributed by atoms with Gasteiger partial charge in [0.15, 0.2) is 17.1 Å². The first kappa shape index (κ1) is 13.0. The van der Waals surface area contributed by atoms with Crippen LogP contribution in [0.3, 0.4) is 0 Å². The molecule has 0 aliphatic heterocycles. The fourth-order valence-electron chi connectivity index (χ4n) is 1.94. The minimum atomic E-state index is -0.826. The smallest absolute Gasteiger partial charge is 0.196 e. The molecule has 6 heteroatoms. The van der Waals surface area contributed by atoms with E-state index in [1.165, 1.54) is 11.3 Å². The van der Waals surface area contributed by atoms with Crippen LogP contribution in [-0.4, -0.2) is 39.5 Å². The lowest BCUT2D eigenvalue weighted by Crippen LogP contribution is -2.39. The number of anilines is 1. The quantitative estimate of drug-likeness (QED) is 0.839. The van der Waals surface area contributed by atoms with E-state index in [9.17, 15) is 9.90 Å². The topological polar surface area (TPSA) is 57.8 Å². The highest BCUT2D eigenvalue weighted by atomic mass is 32.1. The summed E-state index contributed by atoms with van der Waals surface area (Å²) in [5, 5.41) is 11.8. The molecule has 2 heterocycles. The number of aliphatic hydroxyl groups is 1. The fourth-order valence-corrected chi connectivity index (χ4v) is 2.65. The van der Waals surface area contributed by atoms with Crippen molar-refractivity contribution in [3.63, 3.8) is 0 Å². The molecule has 0 bridgehead atoms. The SMILES string of the molecule is CCN(CC(C)(C)O)c1nc2sccn2c1C=O. The van der Waals surface area contributed by atoms with Crippen LogP contribution < -0.4 is 4.90 Å². The van der Waals surface area contributed by atoms with Crippen molar-refractivity contribution in [1.82, 2.24) is 9.38 Å². The number of hydrogen-bond donors (Lipinski definition) is 1. The monoisotopic (exact) mass is 267 g/mol. The molecular formula is C12H17N3O2S. The van der Waals surface area contributed by atoms with Crippen molar-refractivity contribution in [2.75, 3.05) is 18.0 Å². The molecule has 0 unspecified atom stereocenters. The van der Waals surface area contributed by atoms with E-state index >= 15 is 0 Å². The zero-order valence-electron chi connectivity index (χ0n) is 10.8. The van der Waals surface area contributed by atoms with Gasteiger partial charge in [-0.05, 0) is 20.8 Å². The Morgan fingerprint density at radius 3 is 2.89 bits per heavy atom. The van der Waals surface area contributed by atoms with Crippen LogP contribution in [0.1, 0.15) is 31.3 Å². The number of likely N-dealkylation sites (N-methyl/N-ethyl adjacent to an activating group) is 1. The maximum Gasteiger partial charge on any atom is 0.196 e. The van der Waals surface area contributed by atoms with Gasteiger partial charge >= 0.3 is 0 Å². The highest BCUT2D eigenvalue weighted by Crippen LogP contribution is 2.24. The summed E-state index contributed by atoms with van der Waals surface area (Å²) < 4.78 is 1.78. The average molecular weight is 267 g/mol. The van der Waals surface area contributed by atoms with Crippen LogP contribution in [0.5, 0.6) is 0 Å². The fraction of sp³-hybridized carbons (Fsp3) is 0.500. The molecule has 18 heavy (non-hydrogen) atoms. The predicted molar refractivity (Wildman–Crippen MR) is 72.6 cm³/mol. The first-order chi connectivity index (χ1) is 8.46. The molecule has 0 saturated heterocycles. The first-order valence-electron chi connectivity index (χ1n) is 5.84. The number of fused-ring (bicyclic) bond motifs is 1. The van der Waals surface area contributed by atoms with E-state index in [1.54, 1.807) is 18.2 Å². The van der Waals surface area contributed by atoms with E-state index in [2.05, 4.69) is 4.98 Å². The highest BCUT2D eigenvalue weighted by molar-refractivity contribution is 7.15. The minimum absolute atomic E-state index is 0.440. The van der Waals surface area contributed by atoms with E-state index in [4.69, 9.17) is 0 Å². The zero-order valence-corrected chi connectivity index (χ0v) is 11.6. The van der Waals surface area contributed by atoms with Gasteiger partial charge in [-0.15, -0.1) is 11.3 Å². The second kappa shape index (κ2) is 4.70. The van der Waals surface area contributed by atoms with Crippen LogP contribution in [0.15, 0.2) is 11.6 Å². The average Bonchev–Trinajstić information content (AvgIpc) is 2.83. The molecule has 0 spiro atoms. The number of thiazole rings is 1. The maximum atomic E-state index is 11.2. The van der Waals surface area contributed by atoms with Crippen molar-refractivity contribution in [2.24, 2.45) is 0 Å². The van der Waals surface area contributed by atoms with Crippen molar-refractivity contribution in [2.45, 2.75) is 26.4 Å². The lowest BCUT2D eigenvalue weighted by atomic mass is 10.1. The molecule has 0 radical (unpaired) electrons. The highest BCUT2D eigenvalue weighted by Gasteiger charge is 2.23. The van der Waals surface area contributed by atoms with Gasteiger partial charge in [-0.25, -0.2) is 4.98 Å². The molecule has 5 nitrogen and oxygen atoms in total. The van der Waals surface area contributed by atoms with Crippen LogP contribution >= 0.6 is 11.3 Å². The standard InChI is InChI=1S/C12H17N3O2S/c1-4-14(8-12(2,3)17)10-9(7-16)15-5-6-18-11(15)13-10/h5-7,17H,4,8H2,1-3H3. The van der Waals surface area contributed by atoms with Crippen molar-refractivity contribution in [3.05, 3.63) is 17.3 Å². The van der Waals surface area contributed by atoms with Gasteiger partial charge in [0.05, 0.1) is 5.60 Å². The molecule has 0 fully saturated rings. The van der Waals surface area contributed by atoms with E-state index < -0.39 is 5.60 Å². The van der Waals surface area contributed by atoms with Gasteiger partial charge in [-0.3, -0.25) is 9.20 Å². The molecule has 2 aromatic rings. The lowest BCUT2D eigenvalue weighted by molar-refractivity contribution is 0.0872. The second-order valence-electron chi connectivity index (χ2n) is 4.82. The van der Waals surface area contributed by atoms with Crippen LogP contribution in [0.25, 0.3) is 4.96 Å². The molecule has 98 valence electrons. The number of aromatic nitrogens is 2. The normalized spacial score (nSPS) is 12.0. The van der Waals surface area contributed by atoms with Gasteiger partial charge in [-0.2, -0.15) is 0 Å². The number of aldehydes is 1. The summed E-state index contributed by atoms with van der Waals surface area (Å²) in [4.78, 5) is 18.4. The van der Waals surface area contributed by atoms with Crippen molar-refractivity contribution >= 4 is 28.4 Å². The molecule has 0 saturated carbocycles. The van der Waals surface area contributed by atoms with Crippen LogP contribution in [-0.2, 0) is 0 Å². The third kappa shape index (κ3) is 2.39. The van der Waals surface area contributed by atoms with Gasteiger partial charge in [0, 0.05) is 24.7 Å². The summed E-state index contributed by atoms with van der Waals surface area (Å²) in [6, 6.07) is 0. The number of hydrogen-bond acceptors (Lipinski definition) is 5. The van der Waals surface area contributed by atoms with Gasteiger partial charge in [0.25, 0.3) is 0 Å². The van der Waals surface area contributed by atoms with Crippen LogP contribution in [0, 0.1) is 0 Å². The summed E-state index contributed by atoms with van der Waals surface area (Å²) in [6.07, 6.45) is 2.65. The molecular weight excluding hydrogens is 250 g/mol. The first-order valence-corrected chi connectivity index (χ1v) is 6.72. The number of carbonyl (C=O) groups excluding carboxylic acids is 1. The Labute approximate surface area is 110 Å². The zero-order chi connectivity index (χ0) is 13.3. The van der Waals surface area contributed by atoms with Gasteiger partial charge < -0.3 is 10.0 Å². The summed E-state index contributed by atoms with van der Waals surface area (Å²) in [7, 11) is 0. The van der Waals surface area contributed by atoms with Gasteiger partial charge in [-0.1, -0.05) is 0 Å². The Bertz CT molecular complexity index is 553. The Hall–Kier alpha value is -1.40. The molecule has 0 atom stereocenters. The Kier molecular flexibility index (Phi) is 3.41. The summed E-state index contributed by atoms with van der Waals surface area (Å²) in [5.41, 5.74) is -0.287. The Morgan fingerprint density at radius 2 is 2.33 bits per heavy atom. The predicted octanol–water partition coefficient (Wildman–Crippen LogP) is 1.81. The summed E-state index contributed by atoms with van der Waals surface area (Å²) in [6.45, 7) is 6.60. The maximum absolute atomic E-state index is 11.2. The van der Waals surface area contributed by atoms with E-state index in [-0.39, 0.29) is 0 Å². The number of rotatable bonds is 5. The molecule has 0 amide bonds. The number of carbonyl (C=O) groups is 1. The number of imidazole rings is 1. The van der Waals surface area contributed by atoms with Gasteiger partial charge in [0.1, 0.15) is 5.69 Å². The number of nitrogens with zero attached hydrogens (tertiary/aromatic N) is 3. The minimum Gasteiger partial charge on any atom is -0.389 e. The summed E-state index contributed by atoms with van der Waals surface area (Å²) >= 11 is 1.49. The van der Waals surface area contributed by atoms with E-state index in [0.29, 0.717) is 24.6 Å². The molecule has 1 N–H and O–H groups in total. The third-order valence-corrected chi connectivity index (χ3v) is 3.41. The van der Waals surface area contributed by atoms with Crippen molar-refractivity contribution in [3.8, 4) is 0 Å². The molecule has 2 rings (SSSR count). The van der Waals surface area contributed by atoms with Crippen molar-refractivity contribution in [1.29, 1.82) is 0 Å². The molecule has 2 aromatic heterocycles. The second-order valence-corrected chi connectivity index (χ2v) is 5.69. The Morgan fingerprint density at radius 1 is 1.61 bits per heavy atom. The van der Waals surface area contributed by atoms with E-state index in [1.807, 2.05) is 23.4 Å². The Balaban J connectivity index is 2.44. The summed E-state index contributed by atoms with van der Waals surface area (Å²) in [5.74, 6) is 0.640. The van der Waals surface area contributed by atoms with Crippen LogP contribution in [0.4, 0.5) is 5.82 Å².